The molecule has 24 heavy (non-hydrogen) atoms. The second-order valence-corrected chi connectivity index (χ2v) is 7.08. The van der Waals surface area contributed by atoms with Gasteiger partial charge in [-0.25, -0.2) is 0 Å². The van der Waals surface area contributed by atoms with Crippen LogP contribution >= 0.6 is 0 Å². The largest absolute Gasteiger partial charge is 0.327 e. The van der Waals surface area contributed by atoms with Crippen molar-refractivity contribution in [3.63, 3.8) is 0 Å². The number of quaternary nitrogens is 1. The van der Waals surface area contributed by atoms with E-state index in [9.17, 15) is 0 Å². The minimum atomic E-state index is 0.897. The van der Waals surface area contributed by atoms with E-state index in [1.807, 2.05) is 0 Å². The van der Waals surface area contributed by atoms with Gasteiger partial charge in [-0.1, -0.05) is 54.6 Å². The number of anilines is 3. The third kappa shape index (κ3) is 3.84. The Labute approximate surface area is 145 Å². The Bertz CT molecular complexity index is 734. The van der Waals surface area contributed by atoms with Crippen LogP contribution in [0.15, 0.2) is 84.9 Å². The molecule has 0 fully saturated rings. The van der Waals surface area contributed by atoms with Gasteiger partial charge in [0, 0.05) is 16.9 Å². The summed E-state index contributed by atoms with van der Waals surface area (Å²) < 4.78 is 0.897. The van der Waals surface area contributed by atoms with E-state index in [1.165, 1.54) is 22.6 Å². The number of rotatable bonds is 5. The van der Waals surface area contributed by atoms with Crippen LogP contribution in [-0.4, -0.2) is 25.6 Å². The molecule has 0 saturated carbocycles. The van der Waals surface area contributed by atoms with E-state index in [1.54, 1.807) is 0 Å². The Morgan fingerprint density at radius 1 is 0.625 bits per heavy atom. The quantitative estimate of drug-likeness (QED) is 0.572. The van der Waals surface area contributed by atoms with E-state index in [0.29, 0.717) is 0 Å². The van der Waals surface area contributed by atoms with Gasteiger partial charge in [-0.3, -0.25) is 0 Å². The predicted octanol–water partition coefficient (Wildman–Crippen LogP) is 5.36. The normalized spacial score (nSPS) is 11.3. The average molecular weight is 317 g/mol. The number of para-hydroxylation sites is 3. The van der Waals surface area contributed by atoms with Crippen LogP contribution in [0.5, 0.6) is 0 Å². The van der Waals surface area contributed by atoms with Crippen molar-refractivity contribution in [2.45, 2.75) is 6.54 Å². The van der Waals surface area contributed by atoms with Crippen molar-refractivity contribution in [1.29, 1.82) is 0 Å². The molecule has 3 aromatic rings. The maximum atomic E-state index is 2.34. The van der Waals surface area contributed by atoms with Crippen molar-refractivity contribution in [3.05, 3.63) is 90.5 Å². The smallest absolute Gasteiger partial charge is 0.106 e. The molecule has 0 N–H and O–H groups in total. The van der Waals surface area contributed by atoms with Crippen LogP contribution in [0, 0.1) is 0 Å². The number of hydrogen-bond acceptors (Lipinski definition) is 1. The molecule has 0 aliphatic rings. The zero-order chi connectivity index (χ0) is 17.0. The molecule has 0 aromatic heterocycles. The molecule has 0 unspecified atom stereocenters. The van der Waals surface area contributed by atoms with Gasteiger partial charge >= 0.3 is 0 Å². The molecule has 2 nitrogen and oxygen atoms in total. The zero-order valence-corrected chi connectivity index (χ0v) is 14.7. The first-order valence-corrected chi connectivity index (χ1v) is 8.33. The van der Waals surface area contributed by atoms with Crippen LogP contribution < -0.4 is 4.90 Å². The Morgan fingerprint density at radius 2 is 1.08 bits per heavy atom. The van der Waals surface area contributed by atoms with Crippen molar-refractivity contribution >= 4 is 17.1 Å². The van der Waals surface area contributed by atoms with Crippen molar-refractivity contribution in [2.24, 2.45) is 0 Å². The van der Waals surface area contributed by atoms with E-state index < -0.39 is 0 Å². The maximum absolute atomic E-state index is 2.34. The third-order valence-corrected chi connectivity index (χ3v) is 3.91. The predicted molar refractivity (Wildman–Crippen MR) is 103 cm³/mol. The molecule has 3 rings (SSSR count). The van der Waals surface area contributed by atoms with E-state index in [-0.39, 0.29) is 0 Å². The van der Waals surface area contributed by atoms with Crippen LogP contribution in [0.2, 0.25) is 0 Å². The molecule has 2 heteroatoms. The number of nitrogens with zero attached hydrogens (tertiary/aromatic N) is 2. The minimum Gasteiger partial charge on any atom is -0.327 e. The summed E-state index contributed by atoms with van der Waals surface area (Å²) in [6.07, 6.45) is 0. The van der Waals surface area contributed by atoms with Crippen molar-refractivity contribution < 1.29 is 4.48 Å². The van der Waals surface area contributed by atoms with Gasteiger partial charge in [0.15, 0.2) is 0 Å². The molecule has 0 aliphatic carbocycles. The Balaban J connectivity index is 2.14. The third-order valence-electron chi connectivity index (χ3n) is 3.91. The molecular formula is C22H25N2+. The molecule has 0 spiro atoms. The summed E-state index contributed by atoms with van der Waals surface area (Å²) >= 11 is 0. The first-order valence-electron chi connectivity index (χ1n) is 8.33. The van der Waals surface area contributed by atoms with Gasteiger partial charge in [0.1, 0.15) is 6.54 Å². The molecular weight excluding hydrogens is 292 g/mol. The average Bonchev–Trinajstić information content (AvgIpc) is 2.57. The highest BCUT2D eigenvalue weighted by atomic mass is 15.3. The Morgan fingerprint density at radius 3 is 1.58 bits per heavy atom. The summed E-state index contributed by atoms with van der Waals surface area (Å²) in [6, 6.07) is 29.8. The van der Waals surface area contributed by atoms with Gasteiger partial charge in [0.25, 0.3) is 0 Å². The van der Waals surface area contributed by atoms with E-state index in [2.05, 4.69) is 111 Å². The lowest BCUT2D eigenvalue weighted by Crippen LogP contribution is -2.33. The summed E-state index contributed by atoms with van der Waals surface area (Å²) in [6.45, 7) is 0.979. The molecule has 0 amide bonds. The highest BCUT2D eigenvalue weighted by Crippen LogP contribution is 2.36. The minimum absolute atomic E-state index is 0.897. The molecule has 122 valence electrons. The SMILES string of the molecule is C[N+](C)(C)Cc1ccccc1N(c1ccccc1)c1ccccc1. The number of benzene rings is 3. The second-order valence-electron chi connectivity index (χ2n) is 7.08. The van der Waals surface area contributed by atoms with Gasteiger partial charge in [-0.2, -0.15) is 0 Å². The van der Waals surface area contributed by atoms with Crippen LogP contribution in [0.1, 0.15) is 5.56 Å². The summed E-state index contributed by atoms with van der Waals surface area (Å²) in [5.74, 6) is 0. The van der Waals surface area contributed by atoms with Crippen molar-refractivity contribution in [2.75, 3.05) is 26.0 Å². The fraction of sp³-hybridized carbons (Fsp3) is 0.182. The molecule has 3 aromatic carbocycles. The first-order chi connectivity index (χ1) is 11.5. The maximum Gasteiger partial charge on any atom is 0.106 e. The summed E-state index contributed by atoms with van der Waals surface area (Å²) in [5.41, 5.74) is 4.94. The fourth-order valence-electron chi connectivity index (χ4n) is 2.96. The monoisotopic (exact) mass is 317 g/mol. The Kier molecular flexibility index (Phi) is 4.68. The van der Waals surface area contributed by atoms with E-state index in [0.717, 1.165) is 11.0 Å². The van der Waals surface area contributed by atoms with Crippen LogP contribution in [0.4, 0.5) is 17.1 Å². The molecule has 0 bridgehead atoms. The molecule has 0 heterocycles. The fourth-order valence-corrected chi connectivity index (χ4v) is 2.96. The van der Waals surface area contributed by atoms with Gasteiger partial charge in [-0.15, -0.1) is 0 Å². The lowest BCUT2D eigenvalue weighted by atomic mass is 10.1. The first kappa shape index (κ1) is 16.3. The van der Waals surface area contributed by atoms with Crippen molar-refractivity contribution in [1.82, 2.24) is 0 Å². The second kappa shape index (κ2) is 6.90. The summed E-state index contributed by atoms with van der Waals surface area (Å²) in [4.78, 5) is 2.34. The van der Waals surface area contributed by atoms with Crippen LogP contribution in [-0.2, 0) is 6.54 Å². The zero-order valence-electron chi connectivity index (χ0n) is 14.7. The van der Waals surface area contributed by atoms with Gasteiger partial charge in [0.2, 0.25) is 0 Å². The lowest BCUT2D eigenvalue weighted by molar-refractivity contribution is -0.883. The van der Waals surface area contributed by atoms with Gasteiger partial charge in [-0.05, 0) is 30.3 Å². The highest BCUT2D eigenvalue weighted by Gasteiger charge is 2.18. The lowest BCUT2D eigenvalue weighted by Gasteiger charge is -2.30. The summed E-state index contributed by atoms with van der Waals surface area (Å²) in [5, 5.41) is 0. The van der Waals surface area contributed by atoms with E-state index in [4.69, 9.17) is 0 Å². The molecule has 0 radical (unpaired) electrons. The number of hydrogen-bond donors (Lipinski definition) is 0. The Hall–Kier alpha value is -2.58. The van der Waals surface area contributed by atoms with Crippen LogP contribution in [0.25, 0.3) is 0 Å². The standard InChI is InChI=1S/C22H25N2/c1-24(2,3)18-19-12-10-11-17-22(19)23(20-13-6-4-7-14-20)21-15-8-5-9-16-21/h4-17H,18H2,1-3H3/q+1. The topological polar surface area (TPSA) is 3.24 Å². The highest BCUT2D eigenvalue weighted by molar-refractivity contribution is 5.78. The molecule has 0 saturated heterocycles. The van der Waals surface area contributed by atoms with E-state index >= 15 is 0 Å². The van der Waals surface area contributed by atoms with Gasteiger partial charge in [0.05, 0.1) is 26.8 Å². The van der Waals surface area contributed by atoms with Crippen LogP contribution in [0.3, 0.4) is 0 Å². The molecule has 0 atom stereocenters. The van der Waals surface area contributed by atoms with Crippen molar-refractivity contribution in [3.8, 4) is 0 Å². The summed E-state index contributed by atoms with van der Waals surface area (Å²) in [7, 11) is 6.68. The van der Waals surface area contributed by atoms with Gasteiger partial charge < -0.3 is 9.38 Å². The molecule has 0 aliphatic heterocycles.